The molecule has 0 fully saturated rings. The van der Waals surface area contributed by atoms with Crippen molar-refractivity contribution in [1.29, 1.82) is 5.26 Å². The number of benzene rings is 1. The van der Waals surface area contributed by atoms with Gasteiger partial charge in [-0.2, -0.15) is 5.26 Å². The number of aromatic hydroxyl groups is 1. The first-order valence-corrected chi connectivity index (χ1v) is 6.02. The fraction of sp³-hybridized carbons (Fsp3) is 0.222. The highest BCUT2D eigenvalue weighted by molar-refractivity contribution is 14.1. The van der Waals surface area contributed by atoms with E-state index in [2.05, 4.69) is 22.6 Å². The number of phenols is 1. The van der Waals surface area contributed by atoms with Crippen molar-refractivity contribution in [3.63, 3.8) is 0 Å². The second-order valence-corrected chi connectivity index (χ2v) is 5.20. The van der Waals surface area contributed by atoms with Gasteiger partial charge in [0, 0.05) is 15.2 Å². The van der Waals surface area contributed by atoms with Crippen LogP contribution in [0.2, 0.25) is 0 Å². The summed E-state index contributed by atoms with van der Waals surface area (Å²) in [6, 6.07) is 5.24. The Labute approximate surface area is 110 Å². The van der Waals surface area contributed by atoms with E-state index in [1.54, 1.807) is 6.07 Å². The Bertz CT molecular complexity index is 387. The minimum absolute atomic E-state index is 0.189. The molecule has 0 amide bonds. The summed E-state index contributed by atoms with van der Waals surface area (Å²) >= 11 is 4.20. The predicted octanol–water partition coefficient (Wildman–Crippen LogP) is 2.51. The Kier molecular flexibility index (Phi) is 4.40. The van der Waals surface area contributed by atoms with Crippen molar-refractivity contribution in [2.75, 3.05) is 0 Å². The van der Waals surface area contributed by atoms with Crippen LogP contribution < -0.4 is 5.73 Å². The summed E-state index contributed by atoms with van der Waals surface area (Å²) in [7, 11) is 0. The molecule has 0 bridgehead atoms. The normalized spacial score (nSPS) is 12.1. The highest BCUT2D eigenvalue weighted by Gasteiger charge is 2.13. The summed E-state index contributed by atoms with van der Waals surface area (Å²) in [6.45, 7) is 0. The molecule has 0 aliphatic carbocycles. The fourth-order valence-electron chi connectivity index (χ4n) is 1.08. The largest absolute Gasteiger partial charge is 0.506 e. The van der Waals surface area contributed by atoms with Crippen LogP contribution >= 0.6 is 45.2 Å². The van der Waals surface area contributed by atoms with Crippen LogP contribution in [0.15, 0.2) is 12.1 Å². The van der Waals surface area contributed by atoms with Crippen molar-refractivity contribution in [1.82, 2.24) is 0 Å². The number of nitrogens with two attached hydrogens (primary N) is 1. The van der Waals surface area contributed by atoms with Crippen LogP contribution in [0.5, 0.6) is 5.75 Å². The summed E-state index contributed by atoms with van der Waals surface area (Å²) < 4.78 is 1.77. The van der Waals surface area contributed by atoms with E-state index in [0.717, 1.165) is 7.14 Å². The second-order valence-electron chi connectivity index (χ2n) is 2.79. The summed E-state index contributed by atoms with van der Waals surface area (Å²) in [4.78, 5) is 0. The van der Waals surface area contributed by atoms with Crippen molar-refractivity contribution in [3.8, 4) is 11.8 Å². The molecule has 1 atom stereocenters. The van der Waals surface area contributed by atoms with Gasteiger partial charge in [0.1, 0.15) is 5.75 Å². The van der Waals surface area contributed by atoms with Crippen LogP contribution in [-0.4, -0.2) is 5.11 Å². The van der Waals surface area contributed by atoms with E-state index in [1.165, 1.54) is 0 Å². The van der Waals surface area contributed by atoms with Crippen LogP contribution in [0.4, 0.5) is 0 Å². The Morgan fingerprint density at radius 2 is 2.14 bits per heavy atom. The number of nitriles is 1. The van der Waals surface area contributed by atoms with E-state index >= 15 is 0 Å². The first-order chi connectivity index (χ1) is 6.56. The fourth-order valence-corrected chi connectivity index (χ4v) is 2.97. The Hall–Kier alpha value is -0.0700. The molecule has 3 nitrogen and oxygen atoms in total. The van der Waals surface area contributed by atoms with E-state index in [-0.39, 0.29) is 12.2 Å². The summed E-state index contributed by atoms with van der Waals surface area (Å²) in [6.07, 6.45) is 0.212. The highest BCUT2D eigenvalue weighted by atomic mass is 127. The number of phenolic OH excluding ortho intramolecular Hbond substituents is 1. The summed E-state index contributed by atoms with van der Waals surface area (Å²) in [5, 5.41) is 18.2. The molecular weight excluding hydrogens is 406 g/mol. The number of halogens is 2. The lowest BCUT2D eigenvalue weighted by atomic mass is 10.0. The van der Waals surface area contributed by atoms with Crippen LogP contribution in [-0.2, 0) is 0 Å². The number of rotatable bonds is 2. The van der Waals surface area contributed by atoms with Crippen LogP contribution in [0, 0.1) is 18.5 Å². The Morgan fingerprint density at radius 1 is 1.50 bits per heavy atom. The van der Waals surface area contributed by atoms with Gasteiger partial charge in [-0.05, 0) is 57.3 Å². The third kappa shape index (κ3) is 2.71. The average molecular weight is 414 g/mol. The Balaban J connectivity index is 3.14. The first kappa shape index (κ1) is 12.0. The van der Waals surface area contributed by atoms with E-state index in [9.17, 15) is 5.11 Å². The average Bonchev–Trinajstić information content (AvgIpc) is 2.11. The molecule has 0 aliphatic rings. The number of hydrogen-bond acceptors (Lipinski definition) is 3. The van der Waals surface area contributed by atoms with Gasteiger partial charge in [-0.1, -0.05) is 0 Å². The van der Waals surface area contributed by atoms with Gasteiger partial charge in [-0.15, -0.1) is 0 Å². The van der Waals surface area contributed by atoms with Crippen molar-refractivity contribution >= 4 is 45.2 Å². The maximum atomic E-state index is 9.72. The maximum absolute atomic E-state index is 9.72. The van der Waals surface area contributed by atoms with Gasteiger partial charge in [0.15, 0.2) is 0 Å². The summed E-state index contributed by atoms with van der Waals surface area (Å²) in [5.74, 6) is 0.189. The van der Waals surface area contributed by atoms with Crippen molar-refractivity contribution in [2.24, 2.45) is 5.73 Å². The molecule has 1 rings (SSSR count). The second kappa shape index (κ2) is 5.14. The van der Waals surface area contributed by atoms with E-state index < -0.39 is 6.04 Å². The highest BCUT2D eigenvalue weighted by Crippen LogP contribution is 2.31. The van der Waals surface area contributed by atoms with Crippen molar-refractivity contribution in [2.45, 2.75) is 12.5 Å². The zero-order valence-corrected chi connectivity index (χ0v) is 11.5. The van der Waals surface area contributed by atoms with E-state index in [1.807, 2.05) is 34.7 Å². The van der Waals surface area contributed by atoms with E-state index in [4.69, 9.17) is 11.0 Å². The standard InChI is InChI=1S/C9H8I2N2O/c10-5-3-6(8(13)1-2-12)9(14)7(11)4-5/h3-4,8,14H,1,13H2/t8-/m0/s1. The molecule has 0 aromatic heterocycles. The molecule has 5 heteroatoms. The SMILES string of the molecule is N#CC[C@H](N)c1cc(I)cc(I)c1O. The van der Waals surface area contributed by atoms with Gasteiger partial charge >= 0.3 is 0 Å². The molecule has 14 heavy (non-hydrogen) atoms. The van der Waals surface area contributed by atoms with Gasteiger partial charge < -0.3 is 10.8 Å². The van der Waals surface area contributed by atoms with Crippen molar-refractivity contribution in [3.05, 3.63) is 24.8 Å². The van der Waals surface area contributed by atoms with Gasteiger partial charge in [0.05, 0.1) is 16.1 Å². The first-order valence-electron chi connectivity index (χ1n) is 3.86. The van der Waals surface area contributed by atoms with Gasteiger partial charge in [-0.3, -0.25) is 0 Å². The molecule has 0 saturated carbocycles. The smallest absolute Gasteiger partial charge is 0.133 e. The lowest BCUT2D eigenvalue weighted by molar-refractivity contribution is 0.458. The van der Waals surface area contributed by atoms with E-state index in [0.29, 0.717) is 5.56 Å². The molecule has 0 heterocycles. The quantitative estimate of drug-likeness (QED) is 0.732. The molecule has 0 radical (unpaired) electrons. The molecule has 0 unspecified atom stereocenters. The topological polar surface area (TPSA) is 70.0 Å². The molecular formula is C9H8I2N2O. The molecule has 1 aromatic carbocycles. The molecule has 0 spiro atoms. The molecule has 3 N–H and O–H groups in total. The molecule has 0 aliphatic heterocycles. The predicted molar refractivity (Wildman–Crippen MR) is 70.7 cm³/mol. The van der Waals surface area contributed by atoms with Gasteiger partial charge in [-0.25, -0.2) is 0 Å². The molecule has 0 saturated heterocycles. The molecule has 1 aromatic rings. The Morgan fingerprint density at radius 3 is 2.71 bits per heavy atom. The van der Waals surface area contributed by atoms with Crippen molar-refractivity contribution < 1.29 is 5.11 Å². The van der Waals surface area contributed by atoms with Gasteiger partial charge in [0.25, 0.3) is 0 Å². The van der Waals surface area contributed by atoms with Crippen LogP contribution in [0.3, 0.4) is 0 Å². The zero-order valence-electron chi connectivity index (χ0n) is 7.17. The van der Waals surface area contributed by atoms with Crippen LogP contribution in [0.1, 0.15) is 18.0 Å². The summed E-state index contributed by atoms with van der Waals surface area (Å²) in [5.41, 5.74) is 6.40. The number of hydrogen-bond donors (Lipinski definition) is 2. The lowest BCUT2D eigenvalue weighted by Gasteiger charge is -2.11. The third-order valence-corrected chi connectivity index (χ3v) is 3.21. The maximum Gasteiger partial charge on any atom is 0.133 e. The minimum atomic E-state index is -0.414. The third-order valence-electron chi connectivity index (χ3n) is 1.77. The number of nitrogens with zero attached hydrogens (tertiary/aromatic N) is 1. The lowest BCUT2D eigenvalue weighted by Crippen LogP contribution is -2.10. The minimum Gasteiger partial charge on any atom is -0.506 e. The van der Waals surface area contributed by atoms with Crippen LogP contribution in [0.25, 0.3) is 0 Å². The monoisotopic (exact) mass is 414 g/mol. The molecule has 74 valence electrons. The zero-order chi connectivity index (χ0) is 10.7. The van der Waals surface area contributed by atoms with Gasteiger partial charge in [0.2, 0.25) is 0 Å².